The Kier molecular flexibility index (Phi) is 3.41. The summed E-state index contributed by atoms with van der Waals surface area (Å²) in [5.41, 5.74) is 0.122. The van der Waals surface area contributed by atoms with Crippen molar-refractivity contribution in [3.8, 4) is 0 Å². The first-order valence-corrected chi connectivity index (χ1v) is 4.81. The van der Waals surface area contributed by atoms with E-state index in [4.69, 9.17) is 17.3 Å². The van der Waals surface area contributed by atoms with Crippen molar-refractivity contribution >= 4 is 7.85 Å². The molecule has 0 aromatic carbocycles. The Morgan fingerprint density at radius 3 is 2.46 bits per heavy atom. The zero-order valence-electron chi connectivity index (χ0n) is 9.04. The van der Waals surface area contributed by atoms with Gasteiger partial charge in [-0.15, -0.1) is 0 Å². The van der Waals surface area contributed by atoms with Crippen LogP contribution in [0.2, 0.25) is 5.82 Å². The molecule has 1 aliphatic rings. The molecule has 0 N–H and O–H groups in total. The van der Waals surface area contributed by atoms with E-state index < -0.39 is 0 Å². The fourth-order valence-corrected chi connectivity index (χ4v) is 2.23. The number of methoxy groups -OCH3 is 2. The first-order chi connectivity index (χ1) is 6.04. The predicted molar refractivity (Wildman–Crippen MR) is 54.1 cm³/mol. The number of rotatable bonds is 3. The van der Waals surface area contributed by atoms with Gasteiger partial charge in [0.2, 0.25) is 0 Å². The molecule has 0 saturated heterocycles. The van der Waals surface area contributed by atoms with Gasteiger partial charge in [0.25, 0.3) is 0 Å². The molecule has 0 spiro atoms. The molecule has 0 aromatic rings. The summed E-state index contributed by atoms with van der Waals surface area (Å²) in [6.07, 6.45) is 1.20. The number of hydrogen-bond donors (Lipinski definition) is 0. The first kappa shape index (κ1) is 11.1. The molecule has 3 unspecified atom stereocenters. The van der Waals surface area contributed by atoms with Crippen LogP contribution in [0, 0.1) is 11.3 Å². The van der Waals surface area contributed by atoms with E-state index in [1.807, 2.05) is 0 Å². The topological polar surface area (TPSA) is 18.5 Å². The monoisotopic (exact) mass is 182 g/mol. The van der Waals surface area contributed by atoms with Crippen LogP contribution < -0.4 is 0 Å². The molecule has 2 nitrogen and oxygen atoms in total. The van der Waals surface area contributed by atoms with Crippen LogP contribution in [0.15, 0.2) is 0 Å². The second kappa shape index (κ2) is 4.01. The molecule has 1 rings (SSSR count). The second-order valence-corrected chi connectivity index (χ2v) is 4.50. The van der Waals surface area contributed by atoms with Gasteiger partial charge in [0.15, 0.2) is 0 Å². The lowest BCUT2D eigenvalue weighted by Gasteiger charge is -2.32. The zero-order chi connectivity index (χ0) is 10.1. The third-order valence-corrected chi connectivity index (χ3v) is 3.50. The van der Waals surface area contributed by atoms with Crippen molar-refractivity contribution < 1.29 is 9.47 Å². The summed E-state index contributed by atoms with van der Waals surface area (Å²) < 4.78 is 10.6. The molecule has 13 heavy (non-hydrogen) atoms. The third-order valence-electron chi connectivity index (χ3n) is 3.50. The smallest absolute Gasteiger partial charge is 0.0708 e. The largest absolute Gasteiger partial charge is 0.384 e. The summed E-state index contributed by atoms with van der Waals surface area (Å²) in [5, 5.41) is 0. The molecule has 0 aliphatic heterocycles. The Bertz CT molecular complexity index is 170. The molecule has 1 aliphatic carbocycles. The van der Waals surface area contributed by atoms with Crippen LogP contribution in [0.4, 0.5) is 0 Å². The van der Waals surface area contributed by atoms with Gasteiger partial charge in [0.05, 0.1) is 20.6 Å². The van der Waals surface area contributed by atoms with Crippen molar-refractivity contribution in [2.75, 3.05) is 20.8 Å². The first-order valence-electron chi connectivity index (χ1n) is 4.81. The maximum absolute atomic E-state index is 6.06. The zero-order valence-corrected chi connectivity index (χ0v) is 9.04. The molecular formula is C10H19BO2. The van der Waals surface area contributed by atoms with E-state index in [2.05, 4.69) is 13.8 Å². The van der Waals surface area contributed by atoms with Crippen LogP contribution >= 0.6 is 0 Å². The van der Waals surface area contributed by atoms with Crippen molar-refractivity contribution in [1.82, 2.24) is 0 Å². The SMILES string of the molecule is [B]C1CC(OC)C(COC)C1(C)C. The van der Waals surface area contributed by atoms with E-state index in [-0.39, 0.29) is 17.3 Å². The molecule has 0 bridgehead atoms. The van der Waals surface area contributed by atoms with Gasteiger partial charge in [-0.3, -0.25) is 0 Å². The molecule has 1 fully saturated rings. The molecule has 0 aromatic heterocycles. The van der Waals surface area contributed by atoms with E-state index in [9.17, 15) is 0 Å². The normalized spacial score (nSPS) is 38.0. The molecule has 0 amide bonds. The maximum Gasteiger partial charge on any atom is 0.0708 e. The van der Waals surface area contributed by atoms with Gasteiger partial charge in [-0.1, -0.05) is 19.7 Å². The Labute approximate surface area is 82.4 Å². The molecule has 1 saturated carbocycles. The summed E-state index contributed by atoms with van der Waals surface area (Å²) in [7, 11) is 9.54. The van der Waals surface area contributed by atoms with E-state index in [0.29, 0.717) is 5.92 Å². The summed E-state index contributed by atoms with van der Waals surface area (Å²) in [5.74, 6) is 0.634. The molecule has 2 radical (unpaired) electrons. The van der Waals surface area contributed by atoms with Crippen LogP contribution in [0.1, 0.15) is 20.3 Å². The maximum atomic E-state index is 6.06. The average Bonchev–Trinajstić information content (AvgIpc) is 2.29. The molecular weight excluding hydrogens is 163 g/mol. The molecule has 0 heterocycles. The van der Waals surface area contributed by atoms with Gasteiger partial charge in [-0.25, -0.2) is 0 Å². The average molecular weight is 182 g/mol. The van der Waals surface area contributed by atoms with Gasteiger partial charge in [0, 0.05) is 20.1 Å². The van der Waals surface area contributed by atoms with Crippen LogP contribution in [0.5, 0.6) is 0 Å². The van der Waals surface area contributed by atoms with E-state index >= 15 is 0 Å². The van der Waals surface area contributed by atoms with E-state index in [0.717, 1.165) is 13.0 Å². The number of ether oxygens (including phenoxy) is 2. The lowest BCUT2D eigenvalue weighted by atomic mass is 9.66. The Morgan fingerprint density at radius 2 is 2.00 bits per heavy atom. The van der Waals surface area contributed by atoms with Crippen molar-refractivity contribution in [3.63, 3.8) is 0 Å². The van der Waals surface area contributed by atoms with Crippen LogP contribution in [0.25, 0.3) is 0 Å². The van der Waals surface area contributed by atoms with Crippen LogP contribution in [-0.2, 0) is 9.47 Å². The van der Waals surface area contributed by atoms with Gasteiger partial charge < -0.3 is 9.47 Å². The molecule has 3 heteroatoms. The summed E-state index contributed by atoms with van der Waals surface area (Å²) in [4.78, 5) is 0. The predicted octanol–water partition coefficient (Wildman–Crippen LogP) is 1.65. The summed E-state index contributed by atoms with van der Waals surface area (Å²) >= 11 is 0. The van der Waals surface area contributed by atoms with Gasteiger partial charge in [0.1, 0.15) is 0 Å². The van der Waals surface area contributed by atoms with Gasteiger partial charge in [-0.2, -0.15) is 0 Å². The third kappa shape index (κ3) is 1.91. The minimum atomic E-state index is 0.122. The van der Waals surface area contributed by atoms with Crippen molar-refractivity contribution in [2.24, 2.45) is 11.3 Å². The standard InChI is InChI=1S/C10H19BO2/c1-10(2)7(6-12-3)8(13-4)5-9(10)11/h7-9H,5-6H2,1-4H3. The Hall–Kier alpha value is -0.0151. The van der Waals surface area contributed by atoms with E-state index in [1.54, 1.807) is 14.2 Å². The quantitative estimate of drug-likeness (QED) is 0.618. The van der Waals surface area contributed by atoms with Crippen LogP contribution in [-0.4, -0.2) is 34.8 Å². The highest BCUT2D eigenvalue weighted by molar-refractivity contribution is 6.12. The number of hydrogen-bond acceptors (Lipinski definition) is 2. The minimum Gasteiger partial charge on any atom is -0.384 e. The lowest BCUT2D eigenvalue weighted by molar-refractivity contribution is 0.00198. The van der Waals surface area contributed by atoms with Gasteiger partial charge in [-0.05, 0) is 11.8 Å². The fraction of sp³-hybridized carbons (Fsp3) is 1.00. The molecule has 3 atom stereocenters. The van der Waals surface area contributed by atoms with Crippen LogP contribution in [0.3, 0.4) is 0 Å². The minimum absolute atomic E-state index is 0.122. The van der Waals surface area contributed by atoms with Gasteiger partial charge >= 0.3 is 0 Å². The lowest BCUT2D eigenvalue weighted by Crippen LogP contribution is -2.31. The highest BCUT2D eigenvalue weighted by Crippen LogP contribution is 2.50. The van der Waals surface area contributed by atoms with E-state index in [1.165, 1.54) is 0 Å². The van der Waals surface area contributed by atoms with Crippen molar-refractivity contribution in [3.05, 3.63) is 0 Å². The summed E-state index contributed by atoms with van der Waals surface area (Å²) in [6.45, 7) is 5.12. The highest BCUT2D eigenvalue weighted by Gasteiger charge is 2.46. The van der Waals surface area contributed by atoms with Crippen molar-refractivity contribution in [1.29, 1.82) is 0 Å². The Balaban J connectivity index is 2.72. The second-order valence-electron chi connectivity index (χ2n) is 4.50. The summed E-state index contributed by atoms with van der Waals surface area (Å²) in [6, 6.07) is 0. The Morgan fingerprint density at radius 1 is 1.38 bits per heavy atom. The fourth-order valence-electron chi connectivity index (χ4n) is 2.23. The van der Waals surface area contributed by atoms with Crippen molar-refractivity contribution in [2.45, 2.75) is 32.2 Å². The highest BCUT2D eigenvalue weighted by atomic mass is 16.5. The molecule has 74 valence electrons.